The Bertz CT molecular complexity index is 631. The SMILES string of the molecule is CCCCCCCC/C=C\C/C=C\CCC(=O)NC(CO)C(O)C(O)CCC/C=C/CCCCCCCCCC. The van der Waals surface area contributed by atoms with Gasteiger partial charge in [-0.2, -0.15) is 0 Å². The third-order valence-electron chi connectivity index (χ3n) is 7.48. The van der Waals surface area contributed by atoms with E-state index in [2.05, 4.69) is 49.5 Å². The Hall–Kier alpha value is -1.43. The molecule has 4 N–H and O–H groups in total. The molecule has 0 radical (unpaired) electrons. The van der Waals surface area contributed by atoms with Gasteiger partial charge in [0.2, 0.25) is 5.91 Å². The minimum atomic E-state index is -1.18. The molecule has 0 heterocycles. The number of nitrogens with one attached hydrogen (secondary N) is 1. The van der Waals surface area contributed by atoms with E-state index in [1.54, 1.807) is 0 Å². The van der Waals surface area contributed by atoms with Gasteiger partial charge in [-0.3, -0.25) is 4.79 Å². The van der Waals surface area contributed by atoms with Crippen molar-refractivity contribution >= 4 is 5.91 Å². The maximum Gasteiger partial charge on any atom is 0.220 e. The summed E-state index contributed by atoms with van der Waals surface area (Å²) >= 11 is 0. The molecule has 1 amide bonds. The molecule has 3 atom stereocenters. The second-order valence-electron chi connectivity index (χ2n) is 11.4. The molecule has 3 unspecified atom stereocenters. The summed E-state index contributed by atoms with van der Waals surface area (Å²) in [6, 6.07) is -0.853. The highest BCUT2D eigenvalue weighted by Gasteiger charge is 2.26. The first-order valence-corrected chi connectivity index (χ1v) is 16.8. The van der Waals surface area contributed by atoms with Crippen molar-refractivity contribution in [1.82, 2.24) is 5.32 Å². The summed E-state index contributed by atoms with van der Waals surface area (Å²) in [6.45, 7) is 4.09. The lowest BCUT2D eigenvalue weighted by Crippen LogP contribution is -2.50. The maximum absolute atomic E-state index is 12.3. The van der Waals surface area contributed by atoms with Crippen molar-refractivity contribution in [3.05, 3.63) is 36.5 Å². The predicted octanol–water partition coefficient (Wildman–Crippen LogP) is 8.48. The highest BCUT2D eigenvalue weighted by molar-refractivity contribution is 5.76. The fraction of sp³-hybridized carbons (Fsp3) is 0.800. The molecule has 0 aromatic rings. The Morgan fingerprint density at radius 1 is 0.625 bits per heavy atom. The first-order chi connectivity index (χ1) is 19.6. The number of hydrogen-bond donors (Lipinski definition) is 4. The Balaban J connectivity index is 3.88. The van der Waals surface area contributed by atoms with Gasteiger partial charge in [-0.05, 0) is 57.8 Å². The molecule has 0 saturated carbocycles. The van der Waals surface area contributed by atoms with Gasteiger partial charge in [0.25, 0.3) is 0 Å². The Labute approximate surface area is 247 Å². The second-order valence-corrected chi connectivity index (χ2v) is 11.4. The summed E-state index contributed by atoms with van der Waals surface area (Å²) < 4.78 is 0. The van der Waals surface area contributed by atoms with Crippen LogP contribution in [-0.2, 0) is 4.79 Å². The summed E-state index contributed by atoms with van der Waals surface area (Å²) in [7, 11) is 0. The second kappa shape index (κ2) is 30.5. The van der Waals surface area contributed by atoms with Gasteiger partial charge in [0.15, 0.2) is 0 Å². The van der Waals surface area contributed by atoms with Crippen molar-refractivity contribution in [1.29, 1.82) is 0 Å². The van der Waals surface area contributed by atoms with Crippen molar-refractivity contribution in [2.75, 3.05) is 6.61 Å². The van der Waals surface area contributed by atoms with E-state index in [1.807, 2.05) is 6.08 Å². The molecule has 0 aliphatic carbocycles. The standard InChI is InChI=1S/C35H65NO4/c1-3-5-7-9-11-13-15-17-19-21-23-25-27-29-33(38)35(40)32(31-37)36-34(39)30-28-26-24-22-20-18-16-14-12-10-8-6-4-2/h18,20-21,23-24,26,32-33,35,37-38,40H,3-17,19,22,25,27-31H2,1-2H3,(H,36,39)/b20-18-,23-21+,26-24-. The number of rotatable bonds is 29. The topological polar surface area (TPSA) is 89.8 Å². The number of hydrogen-bond acceptors (Lipinski definition) is 4. The van der Waals surface area contributed by atoms with Crippen molar-refractivity contribution in [3.8, 4) is 0 Å². The smallest absolute Gasteiger partial charge is 0.220 e. The van der Waals surface area contributed by atoms with E-state index in [4.69, 9.17) is 0 Å². The number of unbranched alkanes of at least 4 members (excludes halogenated alkanes) is 15. The van der Waals surface area contributed by atoms with Gasteiger partial charge in [-0.1, -0.05) is 127 Å². The molecule has 5 nitrogen and oxygen atoms in total. The maximum atomic E-state index is 12.3. The van der Waals surface area contributed by atoms with Crippen LogP contribution in [0.3, 0.4) is 0 Å². The normalized spacial score (nSPS) is 14.4. The van der Waals surface area contributed by atoms with Gasteiger partial charge in [0.05, 0.1) is 18.8 Å². The fourth-order valence-electron chi connectivity index (χ4n) is 4.80. The summed E-state index contributed by atoms with van der Waals surface area (Å²) in [4.78, 5) is 12.3. The molecule has 234 valence electrons. The van der Waals surface area contributed by atoms with Gasteiger partial charge in [-0.15, -0.1) is 0 Å². The molecule has 40 heavy (non-hydrogen) atoms. The zero-order valence-corrected chi connectivity index (χ0v) is 26.2. The minimum Gasteiger partial charge on any atom is -0.394 e. The molecule has 5 heteroatoms. The third-order valence-corrected chi connectivity index (χ3v) is 7.48. The molecule has 0 saturated heterocycles. The van der Waals surface area contributed by atoms with E-state index >= 15 is 0 Å². The molecule has 0 rings (SSSR count). The van der Waals surface area contributed by atoms with E-state index < -0.39 is 24.9 Å². The van der Waals surface area contributed by atoms with Gasteiger partial charge in [-0.25, -0.2) is 0 Å². The van der Waals surface area contributed by atoms with Gasteiger partial charge >= 0.3 is 0 Å². The fourth-order valence-corrected chi connectivity index (χ4v) is 4.80. The van der Waals surface area contributed by atoms with Crippen LogP contribution in [0.4, 0.5) is 0 Å². The van der Waals surface area contributed by atoms with E-state index in [0.29, 0.717) is 19.3 Å². The average molecular weight is 564 g/mol. The monoisotopic (exact) mass is 563 g/mol. The van der Waals surface area contributed by atoms with Gasteiger partial charge in [0.1, 0.15) is 6.10 Å². The lowest BCUT2D eigenvalue weighted by Gasteiger charge is -2.26. The van der Waals surface area contributed by atoms with Crippen LogP contribution >= 0.6 is 0 Å². The summed E-state index contributed by atoms with van der Waals surface area (Å²) in [5, 5.41) is 33.1. The number of aliphatic hydroxyl groups excluding tert-OH is 3. The zero-order valence-electron chi connectivity index (χ0n) is 26.2. The average Bonchev–Trinajstić information content (AvgIpc) is 2.96. The van der Waals surface area contributed by atoms with Crippen LogP contribution in [0, 0.1) is 0 Å². The Kier molecular flexibility index (Phi) is 29.4. The van der Waals surface area contributed by atoms with Crippen LogP contribution in [0.25, 0.3) is 0 Å². The Morgan fingerprint density at radius 2 is 1.07 bits per heavy atom. The van der Waals surface area contributed by atoms with Crippen LogP contribution in [0.15, 0.2) is 36.5 Å². The van der Waals surface area contributed by atoms with Crippen molar-refractivity contribution in [3.63, 3.8) is 0 Å². The predicted molar refractivity (Wildman–Crippen MR) is 171 cm³/mol. The zero-order chi connectivity index (χ0) is 29.5. The first kappa shape index (κ1) is 38.6. The van der Waals surface area contributed by atoms with Crippen molar-refractivity contribution < 1.29 is 20.1 Å². The van der Waals surface area contributed by atoms with Crippen LogP contribution in [-0.4, -0.2) is 46.1 Å². The highest BCUT2D eigenvalue weighted by Crippen LogP contribution is 2.12. The lowest BCUT2D eigenvalue weighted by atomic mass is 10.0. The first-order valence-electron chi connectivity index (χ1n) is 16.8. The summed E-state index contributed by atoms with van der Waals surface area (Å²) in [6.07, 6.45) is 35.3. The number of carbonyl (C=O) groups excluding carboxylic acids is 1. The Morgan fingerprint density at radius 3 is 1.60 bits per heavy atom. The van der Waals surface area contributed by atoms with E-state index in [1.165, 1.54) is 89.9 Å². The van der Waals surface area contributed by atoms with Crippen molar-refractivity contribution in [2.24, 2.45) is 0 Å². The van der Waals surface area contributed by atoms with Crippen LogP contribution in [0.1, 0.15) is 155 Å². The summed E-state index contributed by atoms with van der Waals surface area (Å²) in [5.41, 5.74) is 0. The molecule has 0 aromatic heterocycles. The molecule has 0 bridgehead atoms. The lowest BCUT2D eigenvalue weighted by molar-refractivity contribution is -0.124. The van der Waals surface area contributed by atoms with E-state index in [0.717, 1.165) is 32.1 Å². The van der Waals surface area contributed by atoms with Gasteiger partial charge in [0, 0.05) is 6.42 Å². The quantitative estimate of drug-likeness (QED) is 0.0543. The number of amides is 1. The largest absolute Gasteiger partial charge is 0.394 e. The molecule has 0 fully saturated rings. The number of carbonyl (C=O) groups is 1. The van der Waals surface area contributed by atoms with E-state index in [-0.39, 0.29) is 5.91 Å². The number of allylic oxidation sites excluding steroid dienone is 6. The number of aliphatic hydroxyl groups is 3. The van der Waals surface area contributed by atoms with E-state index in [9.17, 15) is 20.1 Å². The van der Waals surface area contributed by atoms with Crippen molar-refractivity contribution in [2.45, 2.75) is 173 Å². The molecule has 0 aromatic carbocycles. The summed E-state index contributed by atoms with van der Waals surface area (Å²) in [5.74, 6) is -0.225. The molecule has 0 aliphatic rings. The highest BCUT2D eigenvalue weighted by atomic mass is 16.3. The minimum absolute atomic E-state index is 0.225. The van der Waals surface area contributed by atoms with Crippen LogP contribution < -0.4 is 5.32 Å². The molecule has 0 spiro atoms. The van der Waals surface area contributed by atoms with Crippen LogP contribution in [0.5, 0.6) is 0 Å². The molecular weight excluding hydrogens is 498 g/mol. The molecule has 0 aliphatic heterocycles. The molecular formula is C35H65NO4. The van der Waals surface area contributed by atoms with Crippen LogP contribution in [0.2, 0.25) is 0 Å². The third kappa shape index (κ3) is 25.5. The van der Waals surface area contributed by atoms with Gasteiger partial charge < -0.3 is 20.6 Å².